The second-order valence-corrected chi connectivity index (χ2v) is 7.51. The summed E-state index contributed by atoms with van der Waals surface area (Å²) in [5, 5.41) is 3.62. The number of aryl methyl sites for hydroxylation is 1. The molecule has 2 aliphatic heterocycles. The Balaban J connectivity index is 0.00000243. The molecule has 1 N–H and O–H groups in total. The van der Waals surface area contributed by atoms with Crippen LogP contribution in [-0.2, 0) is 0 Å². The van der Waals surface area contributed by atoms with Gasteiger partial charge in [0.25, 0.3) is 0 Å². The number of benzene rings is 1. The SMILES string of the molecule is CN=C(NCC1CCCN(C)C1)N1CCN(c2cccc(C)c2)CC1.I. The second kappa shape index (κ2) is 10.3. The molecule has 0 aromatic heterocycles. The molecule has 0 saturated carbocycles. The van der Waals surface area contributed by atoms with Crippen molar-refractivity contribution in [3.8, 4) is 0 Å². The maximum atomic E-state index is 4.53. The molecule has 26 heavy (non-hydrogen) atoms. The molecular formula is C20H34IN5. The number of nitrogens with zero attached hydrogens (tertiary/aromatic N) is 4. The zero-order valence-electron chi connectivity index (χ0n) is 16.4. The smallest absolute Gasteiger partial charge is 0.193 e. The van der Waals surface area contributed by atoms with Gasteiger partial charge in [0.05, 0.1) is 0 Å². The third-order valence-electron chi connectivity index (χ3n) is 5.43. The van der Waals surface area contributed by atoms with Gasteiger partial charge in [-0.25, -0.2) is 0 Å². The molecule has 146 valence electrons. The largest absolute Gasteiger partial charge is 0.368 e. The van der Waals surface area contributed by atoms with Crippen molar-refractivity contribution in [3.63, 3.8) is 0 Å². The van der Waals surface area contributed by atoms with Gasteiger partial charge < -0.3 is 20.0 Å². The third kappa shape index (κ3) is 5.74. The van der Waals surface area contributed by atoms with E-state index in [1.54, 1.807) is 0 Å². The summed E-state index contributed by atoms with van der Waals surface area (Å²) in [6, 6.07) is 8.81. The van der Waals surface area contributed by atoms with Crippen LogP contribution < -0.4 is 10.2 Å². The lowest BCUT2D eigenvalue weighted by Crippen LogP contribution is -2.53. The summed E-state index contributed by atoms with van der Waals surface area (Å²) in [6.07, 6.45) is 2.64. The molecule has 0 aliphatic carbocycles. The lowest BCUT2D eigenvalue weighted by Gasteiger charge is -2.38. The topological polar surface area (TPSA) is 34.1 Å². The van der Waals surface area contributed by atoms with Crippen molar-refractivity contribution in [1.82, 2.24) is 15.1 Å². The van der Waals surface area contributed by atoms with Crippen molar-refractivity contribution in [2.24, 2.45) is 10.9 Å². The van der Waals surface area contributed by atoms with E-state index in [1.165, 1.54) is 37.2 Å². The van der Waals surface area contributed by atoms with E-state index in [4.69, 9.17) is 0 Å². The lowest BCUT2D eigenvalue weighted by atomic mass is 9.98. The van der Waals surface area contributed by atoms with Crippen LogP contribution >= 0.6 is 24.0 Å². The number of hydrogen-bond donors (Lipinski definition) is 1. The van der Waals surface area contributed by atoms with E-state index >= 15 is 0 Å². The molecular weight excluding hydrogens is 437 g/mol. The number of rotatable bonds is 3. The first-order chi connectivity index (χ1) is 12.2. The molecule has 1 aromatic rings. The van der Waals surface area contributed by atoms with Crippen LogP contribution in [-0.4, -0.2) is 75.7 Å². The Morgan fingerprint density at radius 2 is 1.96 bits per heavy atom. The number of piperazine rings is 1. The lowest BCUT2D eigenvalue weighted by molar-refractivity contribution is 0.209. The summed E-state index contributed by atoms with van der Waals surface area (Å²) >= 11 is 0. The highest BCUT2D eigenvalue weighted by Gasteiger charge is 2.22. The van der Waals surface area contributed by atoms with Crippen LogP contribution in [0.25, 0.3) is 0 Å². The zero-order chi connectivity index (χ0) is 17.6. The van der Waals surface area contributed by atoms with Crippen LogP contribution in [0, 0.1) is 12.8 Å². The molecule has 0 bridgehead atoms. The number of halogens is 1. The molecule has 1 atom stereocenters. The maximum absolute atomic E-state index is 4.53. The first-order valence-electron chi connectivity index (χ1n) is 9.61. The van der Waals surface area contributed by atoms with Crippen LogP contribution in [0.4, 0.5) is 5.69 Å². The minimum atomic E-state index is 0. The molecule has 1 aromatic carbocycles. The monoisotopic (exact) mass is 471 g/mol. The third-order valence-corrected chi connectivity index (χ3v) is 5.43. The Hall–Kier alpha value is -1.02. The van der Waals surface area contributed by atoms with Crippen molar-refractivity contribution in [2.45, 2.75) is 19.8 Å². The summed E-state index contributed by atoms with van der Waals surface area (Å²) in [4.78, 5) is 11.9. The van der Waals surface area contributed by atoms with E-state index in [2.05, 4.69) is 63.2 Å². The van der Waals surface area contributed by atoms with Gasteiger partial charge in [0.2, 0.25) is 0 Å². The van der Waals surface area contributed by atoms with Gasteiger partial charge in [-0.3, -0.25) is 4.99 Å². The molecule has 5 nitrogen and oxygen atoms in total. The number of nitrogens with one attached hydrogen (secondary N) is 1. The average Bonchev–Trinajstić information content (AvgIpc) is 2.63. The standard InChI is InChI=1S/C20H33N5.HI/c1-17-6-4-8-19(14-17)24-10-12-25(13-11-24)20(21-2)22-15-18-7-5-9-23(3)16-18;/h4,6,8,14,18H,5,7,9-13,15-16H2,1-3H3,(H,21,22);1H. The van der Waals surface area contributed by atoms with Gasteiger partial charge in [0.1, 0.15) is 0 Å². The zero-order valence-corrected chi connectivity index (χ0v) is 18.8. The fourth-order valence-corrected chi connectivity index (χ4v) is 4.01. The Morgan fingerprint density at radius 3 is 2.62 bits per heavy atom. The highest BCUT2D eigenvalue weighted by Crippen LogP contribution is 2.18. The molecule has 2 fully saturated rings. The maximum Gasteiger partial charge on any atom is 0.193 e. The summed E-state index contributed by atoms with van der Waals surface area (Å²) in [5.41, 5.74) is 2.67. The van der Waals surface area contributed by atoms with Crippen molar-refractivity contribution in [2.75, 3.05) is 64.8 Å². The normalized spacial score (nSPS) is 22.1. The fraction of sp³-hybridized carbons (Fsp3) is 0.650. The average molecular weight is 471 g/mol. The fourth-order valence-electron chi connectivity index (χ4n) is 4.01. The predicted molar refractivity (Wildman–Crippen MR) is 122 cm³/mol. The van der Waals surface area contributed by atoms with E-state index in [9.17, 15) is 0 Å². The van der Waals surface area contributed by atoms with Crippen molar-refractivity contribution in [1.29, 1.82) is 0 Å². The van der Waals surface area contributed by atoms with Crippen LogP contribution in [0.2, 0.25) is 0 Å². The number of aliphatic imine (C=N–C) groups is 1. The molecule has 0 amide bonds. The van der Waals surface area contributed by atoms with Gasteiger partial charge in [-0.1, -0.05) is 12.1 Å². The Kier molecular flexibility index (Phi) is 8.47. The van der Waals surface area contributed by atoms with E-state index in [-0.39, 0.29) is 24.0 Å². The summed E-state index contributed by atoms with van der Waals surface area (Å²) in [5.74, 6) is 1.81. The number of guanidine groups is 1. The minimum absolute atomic E-state index is 0. The highest BCUT2D eigenvalue weighted by atomic mass is 127. The first-order valence-corrected chi connectivity index (χ1v) is 9.61. The van der Waals surface area contributed by atoms with E-state index in [0.717, 1.165) is 44.6 Å². The molecule has 3 rings (SSSR count). The van der Waals surface area contributed by atoms with Crippen molar-refractivity contribution >= 4 is 35.6 Å². The molecule has 0 spiro atoms. The van der Waals surface area contributed by atoms with Crippen molar-refractivity contribution in [3.05, 3.63) is 29.8 Å². The van der Waals surface area contributed by atoms with E-state index < -0.39 is 0 Å². The van der Waals surface area contributed by atoms with Gasteiger partial charge in [-0.15, -0.1) is 24.0 Å². The number of hydrogen-bond acceptors (Lipinski definition) is 3. The quantitative estimate of drug-likeness (QED) is 0.418. The second-order valence-electron chi connectivity index (χ2n) is 7.51. The number of anilines is 1. The predicted octanol–water partition coefficient (Wildman–Crippen LogP) is 2.65. The van der Waals surface area contributed by atoms with Crippen LogP contribution in [0.5, 0.6) is 0 Å². The van der Waals surface area contributed by atoms with Gasteiger partial charge in [0, 0.05) is 52.0 Å². The van der Waals surface area contributed by atoms with Crippen LogP contribution in [0.1, 0.15) is 18.4 Å². The number of piperidine rings is 1. The molecule has 1 unspecified atom stereocenters. The van der Waals surface area contributed by atoms with Gasteiger partial charge in [0.15, 0.2) is 5.96 Å². The Labute approximate surface area is 175 Å². The summed E-state index contributed by atoms with van der Waals surface area (Å²) < 4.78 is 0. The molecule has 2 saturated heterocycles. The highest BCUT2D eigenvalue weighted by molar-refractivity contribution is 14.0. The minimum Gasteiger partial charge on any atom is -0.368 e. The van der Waals surface area contributed by atoms with Gasteiger partial charge >= 0.3 is 0 Å². The van der Waals surface area contributed by atoms with Gasteiger partial charge in [-0.2, -0.15) is 0 Å². The Bertz CT molecular complexity index is 583. The first kappa shape index (κ1) is 21.3. The van der Waals surface area contributed by atoms with E-state index in [1.807, 2.05) is 7.05 Å². The summed E-state index contributed by atoms with van der Waals surface area (Å²) in [7, 11) is 4.13. The molecule has 6 heteroatoms. The van der Waals surface area contributed by atoms with E-state index in [0.29, 0.717) is 0 Å². The van der Waals surface area contributed by atoms with Crippen LogP contribution in [0.15, 0.2) is 29.3 Å². The van der Waals surface area contributed by atoms with Gasteiger partial charge in [-0.05, 0) is 57.0 Å². The Morgan fingerprint density at radius 1 is 1.19 bits per heavy atom. The summed E-state index contributed by atoms with van der Waals surface area (Å²) in [6.45, 7) is 9.80. The van der Waals surface area contributed by atoms with Crippen LogP contribution in [0.3, 0.4) is 0 Å². The van der Waals surface area contributed by atoms with Crippen molar-refractivity contribution < 1.29 is 0 Å². The molecule has 2 heterocycles. The molecule has 0 radical (unpaired) electrons. The molecule has 2 aliphatic rings. The number of likely N-dealkylation sites (tertiary alicyclic amines) is 1.